The van der Waals surface area contributed by atoms with Gasteiger partial charge in [0, 0.05) is 18.0 Å². The number of pyridine rings is 1. The molecular weight excluding hydrogens is 418 g/mol. The molecule has 0 bridgehead atoms. The van der Waals surface area contributed by atoms with Crippen molar-refractivity contribution in [2.24, 2.45) is 5.10 Å². The van der Waals surface area contributed by atoms with Crippen LogP contribution < -0.4 is 19.6 Å². The summed E-state index contributed by atoms with van der Waals surface area (Å²) in [5.74, 6) is 2.19. The second-order valence-corrected chi connectivity index (χ2v) is 7.39. The molecule has 172 valence electrons. The number of hydrogen-bond donors (Lipinski definition) is 1. The molecule has 1 heterocycles. The van der Waals surface area contributed by atoms with Gasteiger partial charge in [0.05, 0.1) is 13.3 Å². The third-order valence-corrected chi connectivity index (χ3v) is 5.17. The number of rotatable bonds is 11. The minimum Gasteiger partial charge on any atom is -0.493 e. The van der Waals surface area contributed by atoms with Crippen molar-refractivity contribution >= 4 is 12.1 Å². The van der Waals surface area contributed by atoms with Crippen molar-refractivity contribution in [3.05, 3.63) is 83.7 Å². The van der Waals surface area contributed by atoms with Crippen molar-refractivity contribution in [2.75, 3.05) is 20.3 Å². The smallest absolute Gasteiger partial charge is 0.271 e. The summed E-state index contributed by atoms with van der Waals surface area (Å²) >= 11 is 0. The quantitative estimate of drug-likeness (QED) is 0.259. The number of ether oxygens (including phenoxy) is 3. The van der Waals surface area contributed by atoms with Crippen LogP contribution in [0.3, 0.4) is 0 Å². The molecule has 1 aromatic heterocycles. The van der Waals surface area contributed by atoms with Crippen LogP contribution in [0.25, 0.3) is 0 Å². The lowest BCUT2D eigenvalue weighted by molar-refractivity contribution is 0.0955. The minimum absolute atomic E-state index is 0.310. The Bertz CT molecular complexity index is 1070. The molecule has 3 rings (SSSR count). The Kier molecular flexibility index (Phi) is 8.82. The van der Waals surface area contributed by atoms with Gasteiger partial charge >= 0.3 is 0 Å². The molecule has 7 heteroatoms. The number of carbonyl (C=O) groups excluding carboxylic acids is 1. The van der Waals surface area contributed by atoms with E-state index < -0.39 is 0 Å². The van der Waals surface area contributed by atoms with Crippen molar-refractivity contribution in [3.63, 3.8) is 0 Å². The summed E-state index contributed by atoms with van der Waals surface area (Å²) < 4.78 is 17.3. The second kappa shape index (κ2) is 12.2. The molecule has 1 unspecified atom stereocenters. The molecule has 1 atom stereocenters. The molecule has 1 N–H and O–H groups in total. The standard InChI is InChI=1S/C26H29N3O4/c1-4-19(2)22-7-5-6-8-23(22)32-15-16-33-24-10-9-20(17-25(24)31-3)18-28-29-26(30)21-11-13-27-14-12-21/h5-14,17-19H,4,15-16H2,1-3H3,(H,29,30)/b28-18-. The molecular formula is C26H29N3O4. The number of hydrazone groups is 1. The summed E-state index contributed by atoms with van der Waals surface area (Å²) in [5.41, 5.74) is 4.93. The van der Waals surface area contributed by atoms with E-state index >= 15 is 0 Å². The van der Waals surface area contributed by atoms with Crippen LogP contribution in [0.1, 0.15) is 47.7 Å². The Balaban J connectivity index is 1.53. The van der Waals surface area contributed by atoms with Gasteiger partial charge in [0.1, 0.15) is 19.0 Å². The van der Waals surface area contributed by atoms with Crippen LogP contribution in [0.4, 0.5) is 0 Å². The summed E-state index contributed by atoms with van der Waals surface area (Å²) in [4.78, 5) is 15.9. The number of amides is 1. The fraction of sp³-hybridized carbons (Fsp3) is 0.269. The SMILES string of the molecule is CCC(C)c1ccccc1OCCOc1ccc(/C=N\NC(=O)c2ccncc2)cc1OC. The summed E-state index contributed by atoms with van der Waals surface area (Å²) in [6, 6.07) is 16.8. The first-order chi connectivity index (χ1) is 16.1. The number of benzene rings is 2. The third-order valence-electron chi connectivity index (χ3n) is 5.17. The number of aromatic nitrogens is 1. The van der Waals surface area contributed by atoms with Crippen molar-refractivity contribution < 1.29 is 19.0 Å². The molecule has 0 aliphatic carbocycles. The number of methoxy groups -OCH3 is 1. The first kappa shape index (κ1) is 23.8. The third kappa shape index (κ3) is 6.80. The van der Waals surface area contributed by atoms with Crippen molar-refractivity contribution in [1.82, 2.24) is 10.4 Å². The van der Waals surface area contributed by atoms with Gasteiger partial charge in [-0.25, -0.2) is 5.43 Å². The fourth-order valence-electron chi connectivity index (χ4n) is 3.16. The predicted octanol–water partition coefficient (Wildman–Crippen LogP) is 4.83. The normalized spacial score (nSPS) is 11.7. The van der Waals surface area contributed by atoms with Crippen molar-refractivity contribution in [3.8, 4) is 17.2 Å². The Hall–Kier alpha value is -3.87. The van der Waals surface area contributed by atoms with Gasteiger partial charge in [0.2, 0.25) is 0 Å². The largest absolute Gasteiger partial charge is 0.493 e. The second-order valence-electron chi connectivity index (χ2n) is 7.39. The zero-order valence-electron chi connectivity index (χ0n) is 19.2. The molecule has 0 radical (unpaired) electrons. The van der Waals surface area contributed by atoms with Crippen molar-refractivity contribution in [2.45, 2.75) is 26.2 Å². The number of nitrogens with one attached hydrogen (secondary N) is 1. The number of para-hydroxylation sites is 1. The molecule has 1 amide bonds. The average Bonchev–Trinajstić information content (AvgIpc) is 2.87. The number of hydrogen-bond acceptors (Lipinski definition) is 6. The highest BCUT2D eigenvalue weighted by Crippen LogP contribution is 2.29. The monoisotopic (exact) mass is 447 g/mol. The molecule has 33 heavy (non-hydrogen) atoms. The van der Waals surface area contributed by atoms with Gasteiger partial charge in [-0.2, -0.15) is 5.10 Å². The molecule has 0 aliphatic rings. The Morgan fingerprint density at radius 3 is 2.48 bits per heavy atom. The highest BCUT2D eigenvalue weighted by molar-refractivity contribution is 5.94. The summed E-state index contributed by atoms with van der Waals surface area (Å²) in [6.45, 7) is 5.15. The predicted molar refractivity (Wildman–Crippen MR) is 128 cm³/mol. The first-order valence-electron chi connectivity index (χ1n) is 10.9. The van der Waals surface area contributed by atoms with Crippen LogP contribution in [-0.2, 0) is 0 Å². The van der Waals surface area contributed by atoms with Crippen molar-refractivity contribution in [1.29, 1.82) is 0 Å². The lowest BCUT2D eigenvalue weighted by Crippen LogP contribution is -2.17. The van der Waals surface area contributed by atoms with Gasteiger partial charge in [-0.15, -0.1) is 0 Å². The van der Waals surface area contributed by atoms with Crippen LogP contribution >= 0.6 is 0 Å². The number of carbonyl (C=O) groups is 1. The van der Waals surface area contributed by atoms with Gasteiger partial charge in [0.25, 0.3) is 5.91 Å². The highest BCUT2D eigenvalue weighted by atomic mass is 16.5. The maximum Gasteiger partial charge on any atom is 0.271 e. The maximum atomic E-state index is 12.0. The average molecular weight is 448 g/mol. The zero-order valence-corrected chi connectivity index (χ0v) is 19.2. The first-order valence-corrected chi connectivity index (χ1v) is 10.9. The van der Waals surface area contributed by atoms with E-state index in [1.165, 1.54) is 5.56 Å². The minimum atomic E-state index is -0.310. The molecule has 2 aromatic carbocycles. The van der Waals surface area contributed by atoms with Crippen LogP contribution in [0.2, 0.25) is 0 Å². The molecule has 0 saturated carbocycles. The van der Waals surface area contributed by atoms with Crippen LogP contribution in [0.15, 0.2) is 72.1 Å². The molecule has 0 spiro atoms. The van der Waals surface area contributed by atoms with Gasteiger partial charge in [0.15, 0.2) is 11.5 Å². The lowest BCUT2D eigenvalue weighted by Gasteiger charge is -2.16. The Labute approximate surface area is 194 Å². The molecule has 0 fully saturated rings. The van der Waals surface area contributed by atoms with E-state index in [9.17, 15) is 4.79 Å². The Morgan fingerprint density at radius 2 is 1.76 bits per heavy atom. The summed E-state index contributed by atoms with van der Waals surface area (Å²) in [6.07, 6.45) is 5.70. The van der Waals surface area contributed by atoms with Crippen LogP contribution in [0.5, 0.6) is 17.2 Å². The van der Waals surface area contributed by atoms with E-state index in [0.29, 0.717) is 36.2 Å². The van der Waals surface area contributed by atoms with Crippen LogP contribution in [0, 0.1) is 0 Å². The van der Waals surface area contributed by atoms with E-state index in [1.807, 2.05) is 24.3 Å². The Morgan fingerprint density at radius 1 is 1.03 bits per heavy atom. The number of nitrogens with zero attached hydrogens (tertiary/aromatic N) is 2. The van der Waals surface area contributed by atoms with E-state index in [0.717, 1.165) is 17.7 Å². The van der Waals surface area contributed by atoms with E-state index in [2.05, 4.69) is 35.4 Å². The van der Waals surface area contributed by atoms with E-state index in [1.54, 1.807) is 50.0 Å². The summed E-state index contributed by atoms with van der Waals surface area (Å²) in [7, 11) is 1.58. The topological polar surface area (TPSA) is 82.0 Å². The molecule has 0 saturated heterocycles. The fourth-order valence-corrected chi connectivity index (χ4v) is 3.16. The van der Waals surface area contributed by atoms with Gasteiger partial charge in [-0.3, -0.25) is 9.78 Å². The molecule has 0 aliphatic heterocycles. The van der Waals surface area contributed by atoms with Gasteiger partial charge in [-0.05, 0) is 59.9 Å². The molecule has 3 aromatic rings. The lowest BCUT2D eigenvalue weighted by atomic mass is 9.98. The maximum absolute atomic E-state index is 12.0. The summed E-state index contributed by atoms with van der Waals surface area (Å²) in [5, 5.41) is 4.00. The van der Waals surface area contributed by atoms with E-state index in [-0.39, 0.29) is 5.91 Å². The zero-order chi connectivity index (χ0) is 23.5. The highest BCUT2D eigenvalue weighted by Gasteiger charge is 2.10. The molecule has 7 nitrogen and oxygen atoms in total. The van der Waals surface area contributed by atoms with E-state index in [4.69, 9.17) is 14.2 Å². The van der Waals surface area contributed by atoms with Crippen LogP contribution in [-0.4, -0.2) is 37.4 Å². The van der Waals surface area contributed by atoms with Gasteiger partial charge in [-0.1, -0.05) is 32.0 Å². The van der Waals surface area contributed by atoms with Gasteiger partial charge < -0.3 is 14.2 Å².